The van der Waals surface area contributed by atoms with E-state index in [2.05, 4.69) is 10.0 Å². The highest BCUT2D eigenvalue weighted by Gasteiger charge is 2.27. The maximum atomic E-state index is 12.2. The first-order chi connectivity index (χ1) is 10.3. The SMILES string of the molecule is COC[C@@H](C)NS(=O)(=O)c1ccc(NC2CC2)c([N+](=O)[O-])c1. The molecule has 0 bridgehead atoms. The summed E-state index contributed by atoms with van der Waals surface area (Å²) < 4.78 is 31.7. The molecule has 1 atom stereocenters. The molecule has 1 saturated carbocycles. The van der Waals surface area contributed by atoms with Crippen molar-refractivity contribution in [1.82, 2.24) is 4.72 Å². The Hall–Kier alpha value is -1.71. The molecule has 122 valence electrons. The Labute approximate surface area is 129 Å². The summed E-state index contributed by atoms with van der Waals surface area (Å²) in [4.78, 5) is 10.4. The van der Waals surface area contributed by atoms with Gasteiger partial charge in [0.05, 0.1) is 16.4 Å². The number of hydrogen-bond acceptors (Lipinski definition) is 6. The summed E-state index contributed by atoms with van der Waals surface area (Å²) >= 11 is 0. The lowest BCUT2D eigenvalue weighted by Crippen LogP contribution is -2.35. The number of ether oxygens (including phenoxy) is 1. The summed E-state index contributed by atoms with van der Waals surface area (Å²) in [6, 6.07) is 3.68. The number of nitro benzene ring substituents is 1. The standard InChI is InChI=1S/C13H19N3O5S/c1-9(8-21-2)15-22(19,20)11-5-6-12(14-10-3-4-10)13(7-11)16(17)18/h5-7,9-10,14-15H,3-4,8H2,1-2H3/t9-/m1/s1. The number of hydrogen-bond donors (Lipinski definition) is 2. The molecular weight excluding hydrogens is 310 g/mol. The quantitative estimate of drug-likeness (QED) is 0.552. The molecule has 0 aliphatic heterocycles. The molecule has 0 radical (unpaired) electrons. The fourth-order valence-corrected chi connectivity index (χ4v) is 3.26. The van der Waals surface area contributed by atoms with Crippen molar-refractivity contribution in [1.29, 1.82) is 0 Å². The smallest absolute Gasteiger partial charge is 0.293 e. The van der Waals surface area contributed by atoms with Gasteiger partial charge in [-0.2, -0.15) is 0 Å². The highest BCUT2D eigenvalue weighted by molar-refractivity contribution is 7.89. The van der Waals surface area contributed by atoms with Gasteiger partial charge in [-0.05, 0) is 31.9 Å². The lowest BCUT2D eigenvalue weighted by Gasteiger charge is -2.14. The maximum absolute atomic E-state index is 12.2. The van der Waals surface area contributed by atoms with E-state index < -0.39 is 21.0 Å². The van der Waals surface area contributed by atoms with Crippen LogP contribution in [-0.4, -0.2) is 39.1 Å². The number of methoxy groups -OCH3 is 1. The van der Waals surface area contributed by atoms with Crippen LogP contribution in [-0.2, 0) is 14.8 Å². The second kappa shape index (κ2) is 6.59. The number of anilines is 1. The lowest BCUT2D eigenvalue weighted by atomic mass is 10.2. The van der Waals surface area contributed by atoms with Crippen LogP contribution < -0.4 is 10.0 Å². The van der Waals surface area contributed by atoms with Gasteiger partial charge in [0, 0.05) is 25.3 Å². The molecule has 2 rings (SSSR count). The van der Waals surface area contributed by atoms with Crippen LogP contribution in [0, 0.1) is 10.1 Å². The summed E-state index contributed by atoms with van der Waals surface area (Å²) in [6.07, 6.45) is 1.93. The molecule has 22 heavy (non-hydrogen) atoms. The van der Waals surface area contributed by atoms with Crippen LogP contribution in [0.4, 0.5) is 11.4 Å². The first kappa shape index (κ1) is 16.7. The second-order valence-corrected chi connectivity index (χ2v) is 7.05. The maximum Gasteiger partial charge on any atom is 0.293 e. The highest BCUT2D eigenvalue weighted by Crippen LogP contribution is 2.32. The third kappa shape index (κ3) is 4.15. The van der Waals surface area contributed by atoms with Crippen LogP contribution in [0.1, 0.15) is 19.8 Å². The molecule has 1 aromatic rings. The molecule has 0 amide bonds. The van der Waals surface area contributed by atoms with Gasteiger partial charge in [0.1, 0.15) is 5.69 Å². The van der Waals surface area contributed by atoms with Crippen molar-refractivity contribution in [2.45, 2.75) is 36.7 Å². The Morgan fingerprint density at radius 3 is 2.68 bits per heavy atom. The number of nitrogens with zero attached hydrogens (tertiary/aromatic N) is 1. The van der Waals surface area contributed by atoms with Gasteiger partial charge < -0.3 is 10.1 Å². The van der Waals surface area contributed by atoms with Crippen molar-refractivity contribution in [3.05, 3.63) is 28.3 Å². The van der Waals surface area contributed by atoms with Gasteiger partial charge in [0.15, 0.2) is 0 Å². The van der Waals surface area contributed by atoms with Crippen LogP contribution in [0.5, 0.6) is 0 Å². The highest BCUT2D eigenvalue weighted by atomic mass is 32.2. The van der Waals surface area contributed by atoms with E-state index in [-0.39, 0.29) is 23.2 Å². The van der Waals surface area contributed by atoms with E-state index in [1.54, 1.807) is 6.92 Å². The van der Waals surface area contributed by atoms with E-state index in [4.69, 9.17) is 4.74 Å². The minimum Gasteiger partial charge on any atom is -0.383 e. The zero-order chi connectivity index (χ0) is 16.3. The first-order valence-corrected chi connectivity index (χ1v) is 8.38. The van der Waals surface area contributed by atoms with E-state index in [0.29, 0.717) is 5.69 Å². The molecule has 0 heterocycles. The number of benzene rings is 1. The minimum absolute atomic E-state index is 0.136. The molecule has 0 unspecified atom stereocenters. The average Bonchev–Trinajstić information content (AvgIpc) is 3.22. The molecule has 0 spiro atoms. The Bertz CT molecular complexity index is 658. The van der Waals surface area contributed by atoms with Gasteiger partial charge in [0.25, 0.3) is 5.69 Å². The molecule has 0 saturated heterocycles. The fraction of sp³-hybridized carbons (Fsp3) is 0.538. The van der Waals surface area contributed by atoms with Gasteiger partial charge in [-0.1, -0.05) is 0 Å². The molecule has 1 aromatic carbocycles. The van der Waals surface area contributed by atoms with E-state index in [9.17, 15) is 18.5 Å². The van der Waals surface area contributed by atoms with Crippen LogP contribution >= 0.6 is 0 Å². The average molecular weight is 329 g/mol. The number of nitro groups is 1. The zero-order valence-corrected chi connectivity index (χ0v) is 13.2. The fourth-order valence-electron chi connectivity index (χ4n) is 2.02. The van der Waals surface area contributed by atoms with E-state index in [1.165, 1.54) is 19.2 Å². The van der Waals surface area contributed by atoms with Gasteiger partial charge in [-0.3, -0.25) is 10.1 Å². The molecule has 1 aliphatic rings. The molecule has 8 nitrogen and oxygen atoms in total. The Balaban J connectivity index is 2.26. The summed E-state index contributed by atoms with van der Waals surface area (Å²) in [5.41, 5.74) is 0.102. The first-order valence-electron chi connectivity index (χ1n) is 6.89. The molecular formula is C13H19N3O5S. The normalized spacial score (nSPS) is 16.3. The zero-order valence-electron chi connectivity index (χ0n) is 12.4. The topological polar surface area (TPSA) is 111 Å². The van der Waals surface area contributed by atoms with Crippen LogP contribution in [0.2, 0.25) is 0 Å². The predicted octanol–water partition coefficient (Wildman–Crippen LogP) is 1.48. The third-order valence-corrected chi connectivity index (χ3v) is 4.77. The lowest BCUT2D eigenvalue weighted by molar-refractivity contribution is -0.384. The van der Waals surface area contributed by atoms with Crippen LogP contribution in [0.25, 0.3) is 0 Å². The van der Waals surface area contributed by atoms with Crippen molar-refractivity contribution in [2.24, 2.45) is 0 Å². The Kier molecular flexibility index (Phi) is 4.99. The Morgan fingerprint density at radius 1 is 1.45 bits per heavy atom. The molecule has 1 fully saturated rings. The number of nitrogens with one attached hydrogen (secondary N) is 2. The molecule has 2 N–H and O–H groups in total. The van der Waals surface area contributed by atoms with Crippen molar-refractivity contribution < 1.29 is 18.1 Å². The van der Waals surface area contributed by atoms with Gasteiger partial charge in [-0.25, -0.2) is 13.1 Å². The van der Waals surface area contributed by atoms with E-state index >= 15 is 0 Å². The Morgan fingerprint density at radius 2 is 2.14 bits per heavy atom. The summed E-state index contributed by atoms with van der Waals surface area (Å²) in [6.45, 7) is 1.86. The summed E-state index contributed by atoms with van der Waals surface area (Å²) in [7, 11) is -2.36. The number of sulfonamides is 1. The van der Waals surface area contributed by atoms with Crippen molar-refractivity contribution in [3.8, 4) is 0 Å². The van der Waals surface area contributed by atoms with Crippen molar-refractivity contribution in [2.75, 3.05) is 19.0 Å². The van der Waals surface area contributed by atoms with Gasteiger partial charge in [0.2, 0.25) is 10.0 Å². The number of rotatable bonds is 8. The van der Waals surface area contributed by atoms with Crippen LogP contribution in [0.15, 0.2) is 23.1 Å². The van der Waals surface area contributed by atoms with Crippen molar-refractivity contribution >= 4 is 21.4 Å². The van der Waals surface area contributed by atoms with Gasteiger partial charge >= 0.3 is 0 Å². The third-order valence-electron chi connectivity index (χ3n) is 3.19. The second-order valence-electron chi connectivity index (χ2n) is 5.33. The van der Waals surface area contributed by atoms with E-state index in [0.717, 1.165) is 18.9 Å². The molecule has 1 aliphatic carbocycles. The predicted molar refractivity (Wildman–Crippen MR) is 81.4 cm³/mol. The summed E-state index contributed by atoms with van der Waals surface area (Å²) in [5.74, 6) is 0. The molecule has 9 heteroatoms. The monoisotopic (exact) mass is 329 g/mol. The largest absolute Gasteiger partial charge is 0.383 e. The van der Waals surface area contributed by atoms with Crippen molar-refractivity contribution in [3.63, 3.8) is 0 Å². The van der Waals surface area contributed by atoms with Crippen LogP contribution in [0.3, 0.4) is 0 Å². The minimum atomic E-state index is -3.83. The summed E-state index contributed by atoms with van der Waals surface area (Å²) in [5, 5.41) is 14.2. The van der Waals surface area contributed by atoms with Gasteiger partial charge in [-0.15, -0.1) is 0 Å². The molecule has 0 aromatic heterocycles. The van der Waals surface area contributed by atoms with E-state index in [1.807, 2.05) is 0 Å².